The fourth-order valence-electron chi connectivity index (χ4n) is 4.37. The molecule has 0 saturated carbocycles. The van der Waals surface area contributed by atoms with Gasteiger partial charge in [-0.2, -0.15) is 26.3 Å². The van der Waals surface area contributed by atoms with Crippen molar-refractivity contribution in [3.8, 4) is 0 Å². The normalized spacial score (nSPS) is 13.7. The molecule has 0 bridgehead atoms. The lowest BCUT2D eigenvalue weighted by Crippen LogP contribution is -2.34. The average Bonchev–Trinajstić information content (AvgIpc) is 2.88. The number of aryl methyl sites for hydroxylation is 1. The van der Waals surface area contributed by atoms with Crippen molar-refractivity contribution in [3.63, 3.8) is 0 Å². The van der Waals surface area contributed by atoms with E-state index in [4.69, 9.17) is 4.74 Å². The van der Waals surface area contributed by atoms with E-state index in [1.54, 1.807) is 39.0 Å². The van der Waals surface area contributed by atoms with Crippen LogP contribution in [0, 0.1) is 5.92 Å². The number of halogens is 6. The molecule has 232 valence electrons. The standard InChI is InChI=1S/C31H32F6N2O4/c1-19(30(32,33)34)27(28(42)38-24-7-5-6-20(16-24)10-15-26(41)43-29(2,3)4)22-11-8-21(9-12-22)17-39-18-23(31(35,36)37)13-14-25(39)40/h5-9,11-14,16,18-19,27H,10,15,17H2,1-4H3,(H,38,42)/t19-,27+/m0/s1. The molecule has 0 radical (unpaired) electrons. The smallest absolute Gasteiger partial charge is 0.417 e. The Morgan fingerprint density at radius 2 is 1.56 bits per heavy atom. The molecular weight excluding hydrogens is 578 g/mol. The number of ether oxygens (including phenoxy) is 1. The summed E-state index contributed by atoms with van der Waals surface area (Å²) in [4.78, 5) is 37.4. The van der Waals surface area contributed by atoms with Crippen LogP contribution < -0.4 is 10.9 Å². The topological polar surface area (TPSA) is 77.4 Å². The zero-order valence-corrected chi connectivity index (χ0v) is 24.0. The van der Waals surface area contributed by atoms with Crippen molar-refractivity contribution in [2.24, 2.45) is 5.92 Å². The molecule has 2 atom stereocenters. The van der Waals surface area contributed by atoms with Gasteiger partial charge < -0.3 is 14.6 Å². The lowest BCUT2D eigenvalue weighted by Gasteiger charge is -2.26. The zero-order valence-electron chi connectivity index (χ0n) is 24.0. The first-order valence-electron chi connectivity index (χ1n) is 13.4. The van der Waals surface area contributed by atoms with Crippen LogP contribution >= 0.6 is 0 Å². The van der Waals surface area contributed by atoms with Crippen LogP contribution in [0.3, 0.4) is 0 Å². The van der Waals surface area contributed by atoms with Gasteiger partial charge in [0.05, 0.1) is 23.9 Å². The highest BCUT2D eigenvalue weighted by Gasteiger charge is 2.45. The largest absolute Gasteiger partial charge is 0.460 e. The molecule has 3 rings (SSSR count). The Bertz CT molecular complexity index is 1490. The van der Waals surface area contributed by atoms with Gasteiger partial charge in [-0.25, -0.2) is 0 Å². The number of aromatic nitrogens is 1. The molecule has 1 aromatic heterocycles. The number of pyridine rings is 1. The first-order chi connectivity index (χ1) is 19.8. The summed E-state index contributed by atoms with van der Waals surface area (Å²) in [7, 11) is 0. The monoisotopic (exact) mass is 610 g/mol. The van der Waals surface area contributed by atoms with Crippen LogP contribution in [-0.2, 0) is 33.5 Å². The summed E-state index contributed by atoms with van der Waals surface area (Å²) in [5, 5.41) is 2.53. The van der Waals surface area contributed by atoms with Crippen LogP contribution in [-0.4, -0.2) is 28.2 Å². The number of rotatable bonds is 9. The zero-order chi connectivity index (χ0) is 32.2. The second-order valence-corrected chi connectivity index (χ2v) is 11.2. The van der Waals surface area contributed by atoms with Crippen molar-refractivity contribution >= 4 is 17.6 Å². The third-order valence-corrected chi connectivity index (χ3v) is 6.53. The molecule has 0 aliphatic rings. The van der Waals surface area contributed by atoms with Crippen LogP contribution in [0.15, 0.2) is 71.7 Å². The van der Waals surface area contributed by atoms with Crippen LogP contribution in [0.25, 0.3) is 0 Å². The molecule has 3 aromatic rings. The summed E-state index contributed by atoms with van der Waals surface area (Å²) < 4.78 is 86.8. The Morgan fingerprint density at radius 3 is 2.14 bits per heavy atom. The number of nitrogens with zero attached hydrogens (tertiary/aromatic N) is 1. The molecule has 2 aromatic carbocycles. The molecule has 0 spiro atoms. The number of hydrogen-bond acceptors (Lipinski definition) is 4. The summed E-state index contributed by atoms with van der Waals surface area (Å²) >= 11 is 0. The van der Waals surface area contributed by atoms with Gasteiger partial charge in [0.15, 0.2) is 0 Å². The quantitative estimate of drug-likeness (QED) is 0.207. The Labute approximate surface area is 244 Å². The van der Waals surface area contributed by atoms with E-state index in [2.05, 4.69) is 5.32 Å². The molecule has 0 aliphatic carbocycles. The second kappa shape index (κ2) is 13.0. The third-order valence-electron chi connectivity index (χ3n) is 6.53. The van der Waals surface area contributed by atoms with E-state index in [-0.39, 0.29) is 30.6 Å². The van der Waals surface area contributed by atoms with E-state index in [1.165, 1.54) is 30.3 Å². The van der Waals surface area contributed by atoms with Crippen molar-refractivity contribution < 1.29 is 40.7 Å². The number of carbonyl (C=O) groups excluding carboxylic acids is 2. The summed E-state index contributed by atoms with van der Waals surface area (Å²) in [5.41, 5.74) is -1.07. The minimum absolute atomic E-state index is 0.0311. The molecule has 1 heterocycles. The number of anilines is 1. The minimum Gasteiger partial charge on any atom is -0.460 e. The Hall–Kier alpha value is -4.09. The van der Waals surface area contributed by atoms with Gasteiger partial charge in [-0.1, -0.05) is 43.3 Å². The van der Waals surface area contributed by atoms with Crippen molar-refractivity contribution in [2.45, 2.75) is 71.0 Å². The van der Waals surface area contributed by atoms with Crippen molar-refractivity contribution in [3.05, 3.63) is 99.5 Å². The maximum absolute atomic E-state index is 13.8. The van der Waals surface area contributed by atoms with E-state index >= 15 is 0 Å². The van der Waals surface area contributed by atoms with E-state index in [0.29, 0.717) is 23.4 Å². The highest BCUT2D eigenvalue weighted by Crippen LogP contribution is 2.38. The van der Waals surface area contributed by atoms with E-state index in [0.717, 1.165) is 17.6 Å². The fraction of sp³-hybridized carbons (Fsp3) is 0.387. The Kier molecular flexibility index (Phi) is 10.1. The molecule has 0 saturated heterocycles. The van der Waals surface area contributed by atoms with E-state index in [1.807, 2.05) is 0 Å². The highest BCUT2D eigenvalue weighted by atomic mass is 19.4. The summed E-state index contributed by atoms with van der Waals surface area (Å²) in [6.07, 6.45) is -8.36. The van der Waals surface area contributed by atoms with Gasteiger partial charge in [0, 0.05) is 24.4 Å². The van der Waals surface area contributed by atoms with Gasteiger partial charge in [-0.15, -0.1) is 0 Å². The van der Waals surface area contributed by atoms with Gasteiger partial charge in [0.25, 0.3) is 5.56 Å². The van der Waals surface area contributed by atoms with Crippen LogP contribution in [0.2, 0.25) is 0 Å². The maximum Gasteiger partial charge on any atom is 0.417 e. The minimum atomic E-state index is -4.72. The van der Waals surface area contributed by atoms with Gasteiger partial charge in [0.2, 0.25) is 5.91 Å². The predicted octanol–water partition coefficient (Wildman–Crippen LogP) is 7.11. The third kappa shape index (κ3) is 9.72. The first-order valence-corrected chi connectivity index (χ1v) is 13.4. The molecule has 12 heteroatoms. The van der Waals surface area contributed by atoms with E-state index in [9.17, 15) is 40.7 Å². The number of hydrogen-bond donors (Lipinski definition) is 1. The van der Waals surface area contributed by atoms with Gasteiger partial charge >= 0.3 is 18.3 Å². The molecular formula is C31H32F6N2O4. The lowest BCUT2D eigenvalue weighted by atomic mass is 9.85. The summed E-state index contributed by atoms with van der Waals surface area (Å²) in [6.45, 7) is 5.85. The van der Waals surface area contributed by atoms with Gasteiger partial charge in [-0.3, -0.25) is 14.4 Å². The SMILES string of the molecule is C[C@@H]([C@@H](C(=O)Nc1cccc(CCC(=O)OC(C)(C)C)c1)c1ccc(Cn2cc(C(F)(F)F)ccc2=O)cc1)C(F)(F)F. The van der Waals surface area contributed by atoms with Crippen molar-refractivity contribution in [2.75, 3.05) is 5.32 Å². The number of alkyl halides is 6. The van der Waals surface area contributed by atoms with Crippen molar-refractivity contribution in [1.29, 1.82) is 0 Å². The van der Waals surface area contributed by atoms with E-state index < -0.39 is 52.8 Å². The Morgan fingerprint density at radius 1 is 0.907 bits per heavy atom. The molecule has 0 fully saturated rings. The summed E-state index contributed by atoms with van der Waals surface area (Å²) in [6, 6.07) is 13.2. The number of nitrogens with one attached hydrogen (secondary N) is 1. The lowest BCUT2D eigenvalue weighted by molar-refractivity contribution is -0.178. The maximum atomic E-state index is 13.8. The number of esters is 1. The second-order valence-electron chi connectivity index (χ2n) is 11.2. The number of carbonyl (C=O) groups is 2. The van der Waals surface area contributed by atoms with Crippen LogP contribution in [0.4, 0.5) is 32.0 Å². The molecule has 6 nitrogen and oxygen atoms in total. The Balaban J connectivity index is 1.80. The van der Waals surface area contributed by atoms with Gasteiger partial charge in [-0.05, 0) is 62.1 Å². The molecule has 43 heavy (non-hydrogen) atoms. The molecule has 0 aliphatic heterocycles. The molecule has 1 amide bonds. The number of amides is 1. The fourth-order valence-corrected chi connectivity index (χ4v) is 4.37. The average molecular weight is 611 g/mol. The summed E-state index contributed by atoms with van der Waals surface area (Å²) in [5.74, 6) is -5.08. The molecule has 0 unspecified atom stereocenters. The van der Waals surface area contributed by atoms with Crippen LogP contribution in [0.5, 0.6) is 0 Å². The number of benzene rings is 2. The first kappa shape index (κ1) is 33.4. The van der Waals surface area contributed by atoms with Gasteiger partial charge in [0.1, 0.15) is 5.60 Å². The molecule has 1 N–H and O–H groups in total. The predicted molar refractivity (Wildman–Crippen MR) is 148 cm³/mol. The highest BCUT2D eigenvalue weighted by molar-refractivity contribution is 5.96. The van der Waals surface area contributed by atoms with Crippen LogP contribution in [0.1, 0.15) is 62.3 Å². The van der Waals surface area contributed by atoms with Crippen molar-refractivity contribution in [1.82, 2.24) is 4.57 Å².